The molecule has 0 radical (unpaired) electrons. The van der Waals surface area contributed by atoms with E-state index in [-0.39, 0.29) is 29.3 Å². The fraction of sp³-hybridized carbons (Fsp3) is 0.632. The standard InChI is InChI=1S/C19H29N3O3S.ClH/c1-15(20)17-8-6-10-21(14-17)19(23)16-7-5-9-18(13-16)26(24,25)22-11-3-2-4-12-22;/h5,7,9,13,15,17H,2-4,6,8,10-12,14,20H2,1H3;1H. The van der Waals surface area contributed by atoms with Gasteiger partial charge in [0, 0.05) is 37.8 Å². The van der Waals surface area contributed by atoms with Crippen LogP contribution in [-0.4, -0.2) is 55.8 Å². The Labute approximate surface area is 168 Å². The quantitative estimate of drug-likeness (QED) is 0.818. The van der Waals surface area contributed by atoms with Gasteiger partial charge >= 0.3 is 0 Å². The Morgan fingerprint density at radius 2 is 1.85 bits per heavy atom. The number of carbonyl (C=O) groups is 1. The summed E-state index contributed by atoms with van der Waals surface area (Å²) in [5, 5.41) is 0. The average Bonchev–Trinajstić information content (AvgIpc) is 2.68. The Hall–Kier alpha value is -1.15. The van der Waals surface area contributed by atoms with Gasteiger partial charge in [-0.2, -0.15) is 4.31 Å². The number of carbonyl (C=O) groups excluding carboxylic acids is 1. The summed E-state index contributed by atoms with van der Waals surface area (Å²) >= 11 is 0. The van der Waals surface area contributed by atoms with Crippen molar-refractivity contribution in [3.63, 3.8) is 0 Å². The summed E-state index contributed by atoms with van der Waals surface area (Å²) in [7, 11) is -3.53. The van der Waals surface area contributed by atoms with Crippen LogP contribution in [-0.2, 0) is 10.0 Å². The number of nitrogens with two attached hydrogens (primary N) is 1. The topological polar surface area (TPSA) is 83.7 Å². The average molecular weight is 416 g/mol. The van der Waals surface area contributed by atoms with Crippen molar-refractivity contribution in [2.24, 2.45) is 11.7 Å². The Bertz CT molecular complexity index is 748. The van der Waals surface area contributed by atoms with Gasteiger partial charge in [-0.15, -0.1) is 12.4 Å². The number of piperidine rings is 2. The second-order valence-corrected chi connectivity index (χ2v) is 9.44. The molecule has 2 aliphatic rings. The molecule has 2 atom stereocenters. The number of hydrogen-bond acceptors (Lipinski definition) is 4. The number of nitrogens with zero attached hydrogens (tertiary/aromatic N) is 2. The summed E-state index contributed by atoms with van der Waals surface area (Å²) in [4.78, 5) is 14.9. The van der Waals surface area contributed by atoms with Gasteiger partial charge in [0.15, 0.2) is 0 Å². The lowest BCUT2D eigenvalue weighted by atomic mass is 9.92. The van der Waals surface area contributed by atoms with Crippen molar-refractivity contribution in [3.05, 3.63) is 29.8 Å². The second-order valence-electron chi connectivity index (χ2n) is 7.51. The molecule has 2 saturated heterocycles. The lowest BCUT2D eigenvalue weighted by molar-refractivity contribution is 0.0660. The number of benzene rings is 1. The van der Waals surface area contributed by atoms with Crippen molar-refractivity contribution in [2.75, 3.05) is 26.2 Å². The van der Waals surface area contributed by atoms with Gasteiger partial charge in [-0.1, -0.05) is 12.5 Å². The molecular weight excluding hydrogens is 386 g/mol. The van der Waals surface area contributed by atoms with E-state index in [9.17, 15) is 13.2 Å². The van der Waals surface area contributed by atoms with Gasteiger partial charge in [-0.25, -0.2) is 8.42 Å². The number of sulfonamides is 1. The fourth-order valence-electron chi connectivity index (χ4n) is 3.85. The molecule has 2 fully saturated rings. The van der Waals surface area contributed by atoms with E-state index in [0.29, 0.717) is 37.7 Å². The van der Waals surface area contributed by atoms with Gasteiger partial charge in [0.1, 0.15) is 0 Å². The highest BCUT2D eigenvalue weighted by atomic mass is 35.5. The monoisotopic (exact) mass is 415 g/mol. The molecule has 152 valence electrons. The van der Waals surface area contributed by atoms with Crippen LogP contribution in [0.2, 0.25) is 0 Å². The molecular formula is C19H30ClN3O3S. The van der Waals surface area contributed by atoms with Crippen LogP contribution < -0.4 is 5.73 Å². The molecule has 6 nitrogen and oxygen atoms in total. The number of hydrogen-bond donors (Lipinski definition) is 1. The highest BCUT2D eigenvalue weighted by Crippen LogP contribution is 2.24. The Morgan fingerprint density at radius 3 is 2.52 bits per heavy atom. The summed E-state index contributed by atoms with van der Waals surface area (Å²) in [5.74, 6) is 0.194. The van der Waals surface area contributed by atoms with Crippen LogP contribution in [0.1, 0.15) is 49.4 Å². The predicted molar refractivity (Wildman–Crippen MR) is 109 cm³/mol. The smallest absolute Gasteiger partial charge is 0.253 e. The van der Waals surface area contributed by atoms with Gasteiger partial charge in [0.2, 0.25) is 10.0 Å². The normalized spacial score (nSPS) is 22.7. The highest BCUT2D eigenvalue weighted by Gasteiger charge is 2.29. The van der Waals surface area contributed by atoms with E-state index in [1.807, 2.05) is 11.8 Å². The third kappa shape index (κ3) is 5.02. The Balaban J connectivity index is 0.00000261. The van der Waals surface area contributed by atoms with Gasteiger partial charge in [0.05, 0.1) is 4.90 Å². The van der Waals surface area contributed by atoms with Crippen LogP contribution in [0.15, 0.2) is 29.2 Å². The van der Waals surface area contributed by atoms with Crippen LogP contribution in [0.5, 0.6) is 0 Å². The summed E-state index contributed by atoms with van der Waals surface area (Å²) in [6.07, 6.45) is 4.82. The molecule has 0 aromatic heterocycles. The van der Waals surface area contributed by atoms with Crippen molar-refractivity contribution >= 4 is 28.3 Å². The number of amides is 1. The van der Waals surface area contributed by atoms with Crippen molar-refractivity contribution < 1.29 is 13.2 Å². The minimum absolute atomic E-state index is 0. The molecule has 2 N–H and O–H groups in total. The second kappa shape index (κ2) is 9.37. The van der Waals surface area contributed by atoms with Crippen molar-refractivity contribution in [1.29, 1.82) is 0 Å². The Kier molecular flexibility index (Phi) is 7.68. The van der Waals surface area contributed by atoms with Crippen molar-refractivity contribution in [2.45, 2.75) is 50.0 Å². The first-order valence-electron chi connectivity index (χ1n) is 9.54. The molecule has 1 amide bonds. The number of rotatable bonds is 4. The summed E-state index contributed by atoms with van der Waals surface area (Å²) < 4.78 is 27.3. The maximum Gasteiger partial charge on any atom is 0.253 e. The molecule has 0 saturated carbocycles. The zero-order chi connectivity index (χ0) is 18.7. The van der Waals surface area contributed by atoms with E-state index in [2.05, 4.69) is 0 Å². The predicted octanol–water partition coefficient (Wildman–Crippen LogP) is 2.48. The first-order valence-corrected chi connectivity index (χ1v) is 11.0. The van der Waals surface area contributed by atoms with E-state index in [1.165, 1.54) is 10.4 Å². The summed E-state index contributed by atoms with van der Waals surface area (Å²) in [6, 6.07) is 6.53. The SMILES string of the molecule is CC(N)C1CCCN(C(=O)c2cccc(S(=O)(=O)N3CCCCC3)c2)C1.Cl. The molecule has 3 rings (SSSR count). The van der Waals surface area contributed by atoms with Crippen LogP contribution in [0.4, 0.5) is 0 Å². The van der Waals surface area contributed by atoms with E-state index in [0.717, 1.165) is 32.1 Å². The molecule has 0 aliphatic carbocycles. The van der Waals surface area contributed by atoms with Gasteiger partial charge in [0.25, 0.3) is 5.91 Å². The minimum atomic E-state index is -3.53. The minimum Gasteiger partial charge on any atom is -0.338 e. The number of halogens is 1. The first-order chi connectivity index (χ1) is 12.4. The maximum absolute atomic E-state index is 12.9. The van der Waals surface area contributed by atoms with E-state index in [1.54, 1.807) is 18.2 Å². The van der Waals surface area contributed by atoms with E-state index >= 15 is 0 Å². The lowest BCUT2D eigenvalue weighted by Crippen LogP contribution is -2.45. The van der Waals surface area contributed by atoms with Crippen molar-refractivity contribution in [1.82, 2.24) is 9.21 Å². The van der Waals surface area contributed by atoms with E-state index < -0.39 is 10.0 Å². The fourth-order valence-corrected chi connectivity index (χ4v) is 5.41. The molecule has 2 aliphatic heterocycles. The number of likely N-dealkylation sites (tertiary alicyclic amines) is 1. The molecule has 1 aromatic rings. The molecule has 1 aromatic carbocycles. The van der Waals surface area contributed by atoms with E-state index in [4.69, 9.17) is 5.73 Å². The van der Waals surface area contributed by atoms with Crippen LogP contribution in [0.3, 0.4) is 0 Å². The molecule has 27 heavy (non-hydrogen) atoms. The maximum atomic E-state index is 12.9. The van der Waals surface area contributed by atoms with Gasteiger partial charge in [-0.05, 0) is 56.7 Å². The van der Waals surface area contributed by atoms with Crippen molar-refractivity contribution in [3.8, 4) is 0 Å². The molecule has 8 heteroatoms. The zero-order valence-electron chi connectivity index (χ0n) is 15.8. The summed E-state index contributed by atoms with van der Waals surface area (Å²) in [6.45, 7) is 4.43. The third-order valence-corrected chi connectivity index (χ3v) is 7.42. The third-order valence-electron chi connectivity index (χ3n) is 5.52. The lowest BCUT2D eigenvalue weighted by Gasteiger charge is -2.34. The molecule has 0 bridgehead atoms. The molecule has 2 unspecified atom stereocenters. The van der Waals surface area contributed by atoms with Crippen LogP contribution >= 0.6 is 12.4 Å². The van der Waals surface area contributed by atoms with Crippen LogP contribution in [0.25, 0.3) is 0 Å². The first kappa shape index (κ1) is 22.1. The molecule has 2 heterocycles. The van der Waals surface area contributed by atoms with Crippen LogP contribution in [0, 0.1) is 5.92 Å². The van der Waals surface area contributed by atoms with Gasteiger partial charge < -0.3 is 10.6 Å². The summed E-state index contributed by atoms with van der Waals surface area (Å²) in [5.41, 5.74) is 6.45. The Morgan fingerprint density at radius 1 is 1.15 bits per heavy atom. The zero-order valence-corrected chi connectivity index (χ0v) is 17.5. The highest BCUT2D eigenvalue weighted by molar-refractivity contribution is 7.89. The van der Waals surface area contributed by atoms with Gasteiger partial charge in [-0.3, -0.25) is 4.79 Å². The largest absolute Gasteiger partial charge is 0.338 e. The molecule has 0 spiro atoms.